The molecule has 0 spiro atoms. The van der Waals surface area contributed by atoms with Crippen LogP contribution in [0.2, 0.25) is 0 Å². The van der Waals surface area contributed by atoms with Crippen molar-refractivity contribution < 1.29 is 0 Å². The molecule has 0 radical (unpaired) electrons. The van der Waals surface area contributed by atoms with Crippen molar-refractivity contribution in [3.8, 4) is 39.9 Å². The zero-order valence-electron chi connectivity index (χ0n) is 21.3. The Morgan fingerprint density at radius 3 is 1.88 bits per heavy atom. The smallest absolute Gasteiger partial charge is 0.238 e. The molecule has 0 N–H and O–H groups in total. The quantitative estimate of drug-likeness (QED) is 0.228. The Morgan fingerprint density at radius 1 is 0.500 bits per heavy atom. The topological polar surface area (TPSA) is 56.5 Å². The predicted octanol–water partition coefficient (Wildman–Crippen LogP) is 8.58. The van der Waals surface area contributed by atoms with Gasteiger partial charge in [-0.05, 0) is 35.4 Å². The maximum Gasteiger partial charge on any atom is 0.238 e. The van der Waals surface area contributed by atoms with Gasteiger partial charge in [-0.1, -0.05) is 97.1 Å². The molecule has 0 atom stereocenters. The van der Waals surface area contributed by atoms with Crippen LogP contribution in [-0.4, -0.2) is 24.5 Å². The van der Waals surface area contributed by atoms with Gasteiger partial charge in [0.2, 0.25) is 5.95 Å². The molecule has 0 unspecified atom stereocenters. The molecule has 0 fully saturated rings. The Balaban J connectivity index is 1.38. The lowest BCUT2D eigenvalue weighted by Crippen LogP contribution is -2.06. The lowest BCUT2D eigenvalue weighted by Gasteiger charge is -2.11. The molecule has 0 bridgehead atoms. The number of thiazole rings is 1. The minimum absolute atomic E-state index is 0.580. The average molecular weight is 532 g/mol. The van der Waals surface area contributed by atoms with Gasteiger partial charge in [-0.25, -0.2) is 9.97 Å². The van der Waals surface area contributed by atoms with Crippen molar-refractivity contribution in [2.45, 2.75) is 0 Å². The van der Waals surface area contributed by atoms with Crippen molar-refractivity contribution >= 4 is 43.4 Å². The Hall–Kier alpha value is -5.20. The minimum Gasteiger partial charge on any atom is -0.278 e. The fraction of sp³-hybridized carbons (Fsp3) is 0. The number of benzene rings is 5. The summed E-state index contributed by atoms with van der Waals surface area (Å²) in [6, 6.07) is 41.7. The van der Waals surface area contributed by atoms with E-state index < -0.39 is 0 Å². The van der Waals surface area contributed by atoms with Crippen molar-refractivity contribution in [2.24, 2.45) is 0 Å². The molecule has 5 aromatic carbocycles. The van der Waals surface area contributed by atoms with E-state index in [9.17, 15) is 0 Å². The summed E-state index contributed by atoms with van der Waals surface area (Å²) in [4.78, 5) is 19.8. The molecule has 0 amide bonds. The van der Waals surface area contributed by atoms with Crippen LogP contribution in [-0.2, 0) is 0 Å². The highest BCUT2D eigenvalue weighted by Gasteiger charge is 2.18. The van der Waals surface area contributed by atoms with Crippen molar-refractivity contribution in [2.75, 3.05) is 0 Å². The van der Waals surface area contributed by atoms with Gasteiger partial charge in [-0.15, -0.1) is 11.3 Å². The van der Waals surface area contributed by atoms with E-state index in [0.29, 0.717) is 17.6 Å². The van der Waals surface area contributed by atoms with E-state index in [1.807, 2.05) is 23.7 Å². The molecular weight excluding hydrogens is 510 g/mol. The van der Waals surface area contributed by atoms with E-state index in [4.69, 9.17) is 15.0 Å². The van der Waals surface area contributed by atoms with Gasteiger partial charge in [0.05, 0.1) is 26.8 Å². The fourth-order valence-electron chi connectivity index (χ4n) is 5.36. The zero-order valence-corrected chi connectivity index (χ0v) is 22.1. The van der Waals surface area contributed by atoms with E-state index in [1.54, 1.807) is 11.3 Å². The summed E-state index contributed by atoms with van der Waals surface area (Å²) in [6.45, 7) is 0. The van der Waals surface area contributed by atoms with Gasteiger partial charge < -0.3 is 0 Å². The van der Waals surface area contributed by atoms with Crippen molar-refractivity contribution in [1.82, 2.24) is 24.5 Å². The van der Waals surface area contributed by atoms with Crippen molar-refractivity contribution in [3.05, 3.63) is 127 Å². The number of para-hydroxylation sites is 3. The molecule has 8 rings (SSSR count). The number of nitrogens with zero attached hydrogens (tertiary/aromatic N) is 5. The highest BCUT2D eigenvalue weighted by Crippen LogP contribution is 2.34. The van der Waals surface area contributed by atoms with Gasteiger partial charge in [0.25, 0.3) is 0 Å². The average Bonchev–Trinajstić information content (AvgIpc) is 3.64. The molecular formula is C34H21N5S. The number of rotatable bonds is 4. The molecule has 188 valence electrons. The number of hydrogen-bond acceptors (Lipinski definition) is 5. The van der Waals surface area contributed by atoms with E-state index in [-0.39, 0.29) is 0 Å². The lowest BCUT2D eigenvalue weighted by molar-refractivity contribution is 0.954. The Kier molecular flexibility index (Phi) is 5.24. The van der Waals surface area contributed by atoms with Crippen LogP contribution in [0.4, 0.5) is 0 Å². The zero-order chi connectivity index (χ0) is 26.5. The highest BCUT2D eigenvalue weighted by molar-refractivity contribution is 7.16. The van der Waals surface area contributed by atoms with Gasteiger partial charge in [0.1, 0.15) is 0 Å². The molecule has 0 aliphatic heterocycles. The number of fused-ring (bicyclic) bond motifs is 4. The van der Waals surface area contributed by atoms with Crippen LogP contribution in [0.3, 0.4) is 0 Å². The second kappa shape index (κ2) is 9.22. The summed E-state index contributed by atoms with van der Waals surface area (Å²) >= 11 is 1.61. The van der Waals surface area contributed by atoms with E-state index in [0.717, 1.165) is 48.7 Å². The maximum atomic E-state index is 5.07. The Morgan fingerprint density at radius 2 is 1.12 bits per heavy atom. The summed E-state index contributed by atoms with van der Waals surface area (Å²) in [6.07, 6.45) is 0. The highest BCUT2D eigenvalue weighted by atomic mass is 32.1. The molecule has 0 saturated heterocycles. The molecule has 3 aromatic heterocycles. The van der Waals surface area contributed by atoms with E-state index in [1.165, 1.54) is 5.56 Å². The third-order valence-corrected chi connectivity index (χ3v) is 8.05. The van der Waals surface area contributed by atoms with Crippen LogP contribution in [0, 0.1) is 0 Å². The second-order valence-corrected chi connectivity index (χ2v) is 10.5. The van der Waals surface area contributed by atoms with Crippen LogP contribution in [0.1, 0.15) is 0 Å². The van der Waals surface area contributed by atoms with E-state index >= 15 is 0 Å². The maximum absolute atomic E-state index is 5.07. The molecule has 0 aliphatic carbocycles. The molecule has 0 aliphatic rings. The third-order valence-electron chi connectivity index (χ3n) is 7.26. The number of hydrogen-bond donors (Lipinski definition) is 0. The van der Waals surface area contributed by atoms with Crippen molar-refractivity contribution in [1.29, 1.82) is 0 Å². The normalized spacial score (nSPS) is 11.5. The fourth-order valence-corrected chi connectivity index (χ4v) is 6.06. The molecule has 8 aromatic rings. The summed E-state index contributed by atoms with van der Waals surface area (Å²) in [5, 5.41) is 2.32. The van der Waals surface area contributed by atoms with Crippen LogP contribution < -0.4 is 0 Å². The first-order valence-corrected chi connectivity index (χ1v) is 13.9. The molecule has 6 heteroatoms. The second-order valence-electron chi connectivity index (χ2n) is 9.60. The van der Waals surface area contributed by atoms with Gasteiger partial charge in [0, 0.05) is 21.9 Å². The van der Waals surface area contributed by atoms with E-state index in [2.05, 4.69) is 113 Å². The van der Waals surface area contributed by atoms with Crippen LogP contribution in [0.25, 0.3) is 71.9 Å². The standard InChI is InChI=1S/C34H21N5S/c1-2-9-22(10-3-1)23-17-19-24(20-18-23)32-36-33(27-13-8-16-30-31(27)35-21-40-30)38-34(37-32)39-28-14-6-4-11-25(28)26-12-5-7-15-29(26)39/h1-21H. The first kappa shape index (κ1) is 22.8. The van der Waals surface area contributed by atoms with Gasteiger partial charge >= 0.3 is 0 Å². The SMILES string of the molecule is c1ccc(-c2ccc(-c3nc(-c4cccc5scnc45)nc(-n4c5ccccc5c5ccccc54)n3)cc2)cc1. The Bertz CT molecular complexity index is 2110. The third kappa shape index (κ3) is 3.69. The first-order chi connectivity index (χ1) is 19.8. The summed E-state index contributed by atoms with van der Waals surface area (Å²) in [5.41, 5.74) is 9.02. The predicted molar refractivity (Wildman–Crippen MR) is 164 cm³/mol. The summed E-state index contributed by atoms with van der Waals surface area (Å²) in [5.74, 6) is 1.80. The first-order valence-electron chi connectivity index (χ1n) is 13.1. The monoisotopic (exact) mass is 531 g/mol. The van der Waals surface area contributed by atoms with Crippen LogP contribution in [0.5, 0.6) is 0 Å². The molecule has 5 nitrogen and oxygen atoms in total. The molecule has 40 heavy (non-hydrogen) atoms. The van der Waals surface area contributed by atoms with Crippen LogP contribution >= 0.6 is 11.3 Å². The van der Waals surface area contributed by atoms with Crippen LogP contribution in [0.15, 0.2) is 127 Å². The lowest BCUT2D eigenvalue weighted by atomic mass is 10.0. The number of aromatic nitrogens is 5. The molecule has 3 heterocycles. The van der Waals surface area contributed by atoms with Gasteiger partial charge in [-0.2, -0.15) is 9.97 Å². The minimum atomic E-state index is 0.580. The largest absolute Gasteiger partial charge is 0.278 e. The summed E-state index contributed by atoms with van der Waals surface area (Å²) < 4.78 is 3.24. The summed E-state index contributed by atoms with van der Waals surface area (Å²) in [7, 11) is 0. The van der Waals surface area contributed by atoms with Gasteiger partial charge in [-0.3, -0.25) is 4.57 Å². The molecule has 0 saturated carbocycles. The van der Waals surface area contributed by atoms with Crippen molar-refractivity contribution in [3.63, 3.8) is 0 Å². The van der Waals surface area contributed by atoms with Gasteiger partial charge in [0.15, 0.2) is 11.6 Å². The Labute approximate surface area is 234 Å².